The third-order valence-corrected chi connectivity index (χ3v) is 3.38. The second-order valence-electron chi connectivity index (χ2n) is 3.93. The summed E-state index contributed by atoms with van der Waals surface area (Å²) in [4.78, 5) is 0. The van der Waals surface area contributed by atoms with Gasteiger partial charge in [0.1, 0.15) is 21.7 Å². The molecule has 5 nitrogen and oxygen atoms in total. The average Bonchev–Trinajstić information content (AvgIpc) is 2.33. The van der Waals surface area contributed by atoms with Crippen LogP contribution in [0.15, 0.2) is 18.2 Å². The molecule has 18 heavy (non-hydrogen) atoms. The summed E-state index contributed by atoms with van der Waals surface area (Å²) in [5, 5.41) is 12.0. The van der Waals surface area contributed by atoms with E-state index >= 15 is 0 Å². The highest BCUT2D eigenvalue weighted by molar-refractivity contribution is 7.90. The Morgan fingerprint density at radius 2 is 2.17 bits per heavy atom. The molecule has 0 heterocycles. The molecule has 1 N–H and O–H groups in total. The van der Waals surface area contributed by atoms with Gasteiger partial charge in [0.25, 0.3) is 0 Å². The minimum Gasteiger partial charge on any atom is -0.497 e. The number of hydrogen-bond donors (Lipinski definition) is 1. The van der Waals surface area contributed by atoms with Crippen molar-refractivity contribution >= 4 is 15.5 Å². The predicted octanol–water partition coefficient (Wildman–Crippen LogP) is 1.41. The number of rotatable bonds is 6. The molecule has 0 atom stereocenters. The number of hydrogen-bond acceptors (Lipinski definition) is 5. The summed E-state index contributed by atoms with van der Waals surface area (Å²) in [5.74, 6) is 0.783. The Labute approximate surface area is 107 Å². The van der Waals surface area contributed by atoms with Crippen LogP contribution in [0.4, 0.5) is 5.69 Å². The number of nitrogens with zero attached hydrogens (tertiary/aromatic N) is 1. The molecule has 0 spiro atoms. The summed E-state index contributed by atoms with van der Waals surface area (Å²) in [5.41, 5.74) is 1.17. The molecule has 0 aliphatic heterocycles. The van der Waals surface area contributed by atoms with Gasteiger partial charge in [0.2, 0.25) is 0 Å². The van der Waals surface area contributed by atoms with E-state index in [4.69, 9.17) is 10.00 Å². The van der Waals surface area contributed by atoms with E-state index in [1.54, 1.807) is 25.3 Å². The Hall–Kier alpha value is -1.74. The van der Waals surface area contributed by atoms with Gasteiger partial charge in [-0.15, -0.1) is 0 Å². The Kier molecular flexibility index (Phi) is 4.98. The molecular formula is C12H16N2O3S. The van der Waals surface area contributed by atoms with Crippen LogP contribution in [0.2, 0.25) is 0 Å². The van der Waals surface area contributed by atoms with Gasteiger partial charge in [-0.05, 0) is 18.6 Å². The molecule has 0 fully saturated rings. The van der Waals surface area contributed by atoms with Crippen molar-refractivity contribution in [2.75, 3.05) is 31.0 Å². The number of sulfone groups is 1. The third kappa shape index (κ3) is 4.63. The van der Waals surface area contributed by atoms with Crippen LogP contribution in [-0.4, -0.2) is 34.1 Å². The summed E-state index contributed by atoms with van der Waals surface area (Å²) >= 11 is 0. The number of benzene rings is 1. The van der Waals surface area contributed by atoms with Crippen molar-refractivity contribution in [1.82, 2.24) is 0 Å². The van der Waals surface area contributed by atoms with Gasteiger partial charge >= 0.3 is 0 Å². The largest absolute Gasteiger partial charge is 0.497 e. The molecule has 0 aromatic heterocycles. The fourth-order valence-electron chi connectivity index (χ4n) is 1.45. The lowest BCUT2D eigenvalue weighted by Gasteiger charge is -2.09. The van der Waals surface area contributed by atoms with Crippen molar-refractivity contribution in [2.45, 2.75) is 6.42 Å². The molecule has 0 aliphatic rings. The van der Waals surface area contributed by atoms with E-state index < -0.39 is 9.84 Å². The maximum absolute atomic E-state index is 11.0. The van der Waals surface area contributed by atoms with Crippen LogP contribution in [0, 0.1) is 11.3 Å². The Balaban J connectivity index is 2.63. The topological polar surface area (TPSA) is 79.2 Å². The zero-order valence-electron chi connectivity index (χ0n) is 10.4. The number of methoxy groups -OCH3 is 1. The fourth-order valence-corrected chi connectivity index (χ4v) is 2.12. The van der Waals surface area contributed by atoms with E-state index in [9.17, 15) is 8.42 Å². The first-order valence-electron chi connectivity index (χ1n) is 5.46. The molecule has 0 unspecified atom stereocenters. The van der Waals surface area contributed by atoms with Crippen molar-refractivity contribution in [2.24, 2.45) is 0 Å². The molecule has 0 bridgehead atoms. The van der Waals surface area contributed by atoms with Crippen LogP contribution < -0.4 is 10.1 Å². The van der Waals surface area contributed by atoms with Gasteiger partial charge in [-0.25, -0.2) is 8.42 Å². The Bertz CT molecular complexity index is 547. The summed E-state index contributed by atoms with van der Waals surface area (Å²) in [6.45, 7) is 0.495. The van der Waals surface area contributed by atoms with Crippen LogP contribution in [0.25, 0.3) is 0 Å². The smallest absolute Gasteiger partial charge is 0.147 e. The van der Waals surface area contributed by atoms with Crippen LogP contribution in [0.5, 0.6) is 5.75 Å². The number of nitrogens with one attached hydrogen (secondary N) is 1. The van der Waals surface area contributed by atoms with E-state index in [-0.39, 0.29) is 5.75 Å². The molecule has 1 aromatic carbocycles. The van der Waals surface area contributed by atoms with Crippen molar-refractivity contribution in [3.05, 3.63) is 23.8 Å². The number of nitriles is 1. The van der Waals surface area contributed by atoms with Crippen LogP contribution in [0.3, 0.4) is 0 Å². The predicted molar refractivity (Wildman–Crippen MR) is 70.5 cm³/mol. The summed E-state index contributed by atoms with van der Waals surface area (Å²) in [6.07, 6.45) is 1.71. The van der Waals surface area contributed by atoms with Crippen LogP contribution in [-0.2, 0) is 9.84 Å². The van der Waals surface area contributed by atoms with Crippen LogP contribution >= 0.6 is 0 Å². The van der Waals surface area contributed by atoms with E-state index in [1.807, 2.05) is 0 Å². The lowest BCUT2D eigenvalue weighted by Crippen LogP contribution is -2.10. The van der Waals surface area contributed by atoms with Crippen molar-refractivity contribution < 1.29 is 13.2 Å². The Morgan fingerprint density at radius 3 is 2.72 bits per heavy atom. The minimum absolute atomic E-state index is 0.131. The molecule has 1 rings (SSSR count). The highest BCUT2D eigenvalue weighted by atomic mass is 32.2. The van der Waals surface area contributed by atoms with E-state index in [0.717, 1.165) is 0 Å². The number of ether oxygens (including phenoxy) is 1. The van der Waals surface area contributed by atoms with Gasteiger partial charge in [0, 0.05) is 18.9 Å². The maximum Gasteiger partial charge on any atom is 0.147 e. The third-order valence-electron chi connectivity index (χ3n) is 2.35. The normalized spacial score (nSPS) is 10.7. The SMILES string of the molecule is COc1ccc(C#N)c(NCCCS(C)(=O)=O)c1. The lowest BCUT2D eigenvalue weighted by atomic mass is 10.2. The first-order chi connectivity index (χ1) is 8.46. The van der Waals surface area contributed by atoms with Gasteiger partial charge < -0.3 is 10.1 Å². The second kappa shape index (κ2) is 6.26. The molecular weight excluding hydrogens is 252 g/mol. The fraction of sp³-hybridized carbons (Fsp3) is 0.417. The quantitative estimate of drug-likeness (QED) is 0.789. The van der Waals surface area contributed by atoms with Gasteiger partial charge in [0.05, 0.1) is 24.1 Å². The molecule has 0 radical (unpaired) electrons. The van der Waals surface area contributed by atoms with Crippen molar-refractivity contribution in [1.29, 1.82) is 5.26 Å². The van der Waals surface area contributed by atoms with E-state index in [0.29, 0.717) is 30.0 Å². The van der Waals surface area contributed by atoms with Gasteiger partial charge in [-0.3, -0.25) is 0 Å². The molecule has 6 heteroatoms. The van der Waals surface area contributed by atoms with E-state index in [2.05, 4.69) is 11.4 Å². The number of anilines is 1. The first kappa shape index (κ1) is 14.3. The molecule has 98 valence electrons. The zero-order valence-corrected chi connectivity index (χ0v) is 11.3. The maximum atomic E-state index is 11.0. The molecule has 0 amide bonds. The summed E-state index contributed by atoms with van der Waals surface area (Å²) in [6, 6.07) is 7.16. The van der Waals surface area contributed by atoms with Crippen molar-refractivity contribution in [3.63, 3.8) is 0 Å². The standard InChI is InChI=1S/C12H16N2O3S/c1-17-11-5-4-10(9-13)12(8-11)14-6-3-7-18(2,15)16/h4-5,8,14H,3,6-7H2,1-2H3. The van der Waals surface area contributed by atoms with Gasteiger partial charge in [0.15, 0.2) is 0 Å². The monoisotopic (exact) mass is 268 g/mol. The highest BCUT2D eigenvalue weighted by Crippen LogP contribution is 2.21. The Morgan fingerprint density at radius 1 is 1.44 bits per heavy atom. The van der Waals surface area contributed by atoms with Gasteiger partial charge in [-0.2, -0.15) is 5.26 Å². The molecule has 0 aliphatic carbocycles. The summed E-state index contributed by atoms with van der Waals surface area (Å²) < 4.78 is 27.0. The minimum atomic E-state index is -2.94. The molecule has 1 aromatic rings. The van der Waals surface area contributed by atoms with Crippen LogP contribution in [0.1, 0.15) is 12.0 Å². The zero-order chi connectivity index (χ0) is 13.6. The van der Waals surface area contributed by atoms with E-state index in [1.165, 1.54) is 6.26 Å². The highest BCUT2D eigenvalue weighted by Gasteiger charge is 2.05. The summed E-state index contributed by atoms with van der Waals surface area (Å²) in [7, 11) is -1.39. The molecule has 0 saturated heterocycles. The first-order valence-corrected chi connectivity index (χ1v) is 7.52. The van der Waals surface area contributed by atoms with Gasteiger partial charge in [-0.1, -0.05) is 0 Å². The van der Waals surface area contributed by atoms with Crippen molar-refractivity contribution in [3.8, 4) is 11.8 Å². The average molecular weight is 268 g/mol. The molecule has 0 saturated carbocycles. The lowest BCUT2D eigenvalue weighted by molar-refractivity contribution is 0.415. The second-order valence-corrected chi connectivity index (χ2v) is 6.19.